The van der Waals surface area contributed by atoms with Gasteiger partial charge in [-0.1, -0.05) is 30.3 Å². The number of carbonyl (C=O) groups is 2. The van der Waals surface area contributed by atoms with Gasteiger partial charge >= 0.3 is 5.97 Å². The number of non-ortho nitro benzene ring substituents is 1. The molecular weight excluding hydrogens is 378 g/mol. The fourth-order valence-corrected chi connectivity index (χ4v) is 2.68. The molecule has 2 N–H and O–H groups in total. The number of nitrogens with one attached hydrogen (secondary N) is 1. The van der Waals surface area contributed by atoms with Crippen molar-refractivity contribution in [3.8, 4) is 0 Å². The van der Waals surface area contributed by atoms with E-state index < -0.39 is 22.9 Å². The molecule has 2 aromatic rings. The van der Waals surface area contributed by atoms with Gasteiger partial charge in [-0.15, -0.1) is 0 Å². The first kappa shape index (κ1) is 21.8. The van der Waals surface area contributed by atoms with Gasteiger partial charge in [0.1, 0.15) is 0 Å². The SMILES string of the molecule is C[C@H](OC(=O)c1cc([N+](=O)[O-])ccc1NCCO)C(=O)N(C)Cc1ccccc1. The average molecular weight is 401 g/mol. The maximum atomic E-state index is 12.6. The van der Waals surface area contributed by atoms with E-state index >= 15 is 0 Å². The van der Waals surface area contributed by atoms with Crippen LogP contribution in [0.15, 0.2) is 48.5 Å². The van der Waals surface area contributed by atoms with E-state index in [2.05, 4.69) is 5.32 Å². The first-order valence-electron chi connectivity index (χ1n) is 8.96. The van der Waals surface area contributed by atoms with Gasteiger partial charge in [-0.2, -0.15) is 0 Å². The number of aliphatic hydroxyl groups is 1. The third kappa shape index (κ3) is 6.01. The van der Waals surface area contributed by atoms with E-state index in [9.17, 15) is 19.7 Å². The Bertz CT molecular complexity index is 872. The summed E-state index contributed by atoms with van der Waals surface area (Å²) in [4.78, 5) is 37.0. The molecule has 0 saturated heterocycles. The minimum absolute atomic E-state index is 0.0852. The van der Waals surface area contributed by atoms with Crippen molar-refractivity contribution in [3.05, 3.63) is 69.8 Å². The second-order valence-corrected chi connectivity index (χ2v) is 6.36. The van der Waals surface area contributed by atoms with Crippen LogP contribution in [-0.2, 0) is 16.1 Å². The first-order chi connectivity index (χ1) is 13.8. The highest BCUT2D eigenvalue weighted by Gasteiger charge is 2.25. The number of carbonyl (C=O) groups excluding carboxylic acids is 2. The third-order valence-electron chi connectivity index (χ3n) is 4.13. The molecule has 0 aliphatic carbocycles. The van der Waals surface area contributed by atoms with E-state index in [-0.39, 0.29) is 30.1 Å². The highest BCUT2D eigenvalue weighted by Crippen LogP contribution is 2.23. The second-order valence-electron chi connectivity index (χ2n) is 6.36. The van der Waals surface area contributed by atoms with Crippen LogP contribution in [0.3, 0.4) is 0 Å². The van der Waals surface area contributed by atoms with Crippen LogP contribution in [-0.4, -0.2) is 53.1 Å². The monoisotopic (exact) mass is 401 g/mol. The van der Waals surface area contributed by atoms with Gasteiger partial charge < -0.3 is 20.1 Å². The molecule has 1 atom stereocenters. The van der Waals surface area contributed by atoms with Crippen molar-refractivity contribution in [2.45, 2.75) is 19.6 Å². The summed E-state index contributed by atoms with van der Waals surface area (Å²) in [6, 6.07) is 13.0. The van der Waals surface area contributed by atoms with Gasteiger partial charge in [0.2, 0.25) is 0 Å². The molecule has 0 aliphatic rings. The number of hydrogen-bond acceptors (Lipinski definition) is 7. The highest BCUT2D eigenvalue weighted by atomic mass is 16.6. The molecule has 154 valence electrons. The fourth-order valence-electron chi connectivity index (χ4n) is 2.68. The van der Waals surface area contributed by atoms with Crippen molar-refractivity contribution in [2.75, 3.05) is 25.5 Å². The molecule has 0 saturated carbocycles. The van der Waals surface area contributed by atoms with Gasteiger partial charge in [0.15, 0.2) is 6.10 Å². The summed E-state index contributed by atoms with van der Waals surface area (Å²) in [6.45, 7) is 1.75. The van der Waals surface area contributed by atoms with Gasteiger partial charge in [-0.25, -0.2) is 4.79 Å². The molecule has 0 spiro atoms. The summed E-state index contributed by atoms with van der Waals surface area (Å²) in [6.07, 6.45) is -1.08. The zero-order valence-electron chi connectivity index (χ0n) is 16.2. The van der Waals surface area contributed by atoms with Crippen molar-refractivity contribution in [1.82, 2.24) is 4.90 Å². The number of aliphatic hydroxyl groups excluding tert-OH is 1. The Kier molecular flexibility index (Phi) is 7.67. The average Bonchev–Trinajstić information content (AvgIpc) is 2.71. The second kappa shape index (κ2) is 10.2. The maximum absolute atomic E-state index is 12.6. The topological polar surface area (TPSA) is 122 Å². The normalized spacial score (nSPS) is 11.4. The fraction of sp³-hybridized carbons (Fsp3) is 0.300. The molecule has 1 amide bonds. The Hall–Kier alpha value is -3.46. The number of rotatable bonds is 9. The Balaban J connectivity index is 2.11. The van der Waals surface area contributed by atoms with Crippen molar-refractivity contribution in [2.24, 2.45) is 0 Å². The molecule has 2 rings (SSSR count). The molecule has 0 fully saturated rings. The lowest BCUT2D eigenvalue weighted by molar-refractivity contribution is -0.384. The van der Waals surface area contributed by atoms with Crippen LogP contribution in [0.5, 0.6) is 0 Å². The van der Waals surface area contributed by atoms with Gasteiger partial charge in [0.25, 0.3) is 11.6 Å². The minimum Gasteiger partial charge on any atom is -0.449 e. The molecule has 29 heavy (non-hydrogen) atoms. The Morgan fingerprint density at radius 1 is 1.24 bits per heavy atom. The first-order valence-corrected chi connectivity index (χ1v) is 8.96. The lowest BCUT2D eigenvalue weighted by Gasteiger charge is -2.22. The number of benzene rings is 2. The molecular formula is C20H23N3O6. The number of ether oxygens (including phenoxy) is 1. The number of nitrogens with zero attached hydrogens (tertiary/aromatic N) is 2. The number of nitro groups is 1. The van der Waals surface area contributed by atoms with Gasteiger partial charge in [0.05, 0.1) is 17.1 Å². The zero-order chi connectivity index (χ0) is 21.4. The van der Waals surface area contributed by atoms with E-state index in [1.54, 1.807) is 7.05 Å². The highest BCUT2D eigenvalue weighted by molar-refractivity contribution is 5.98. The van der Waals surface area contributed by atoms with Crippen LogP contribution in [0.25, 0.3) is 0 Å². The number of hydrogen-bond donors (Lipinski definition) is 2. The van der Waals surface area contributed by atoms with Crippen LogP contribution in [0.2, 0.25) is 0 Å². The Morgan fingerprint density at radius 2 is 1.93 bits per heavy atom. The molecule has 9 nitrogen and oxygen atoms in total. The molecule has 0 heterocycles. The molecule has 9 heteroatoms. The van der Waals surface area contributed by atoms with Gasteiger partial charge in [-0.3, -0.25) is 14.9 Å². The molecule has 0 radical (unpaired) electrons. The van der Waals surface area contributed by atoms with E-state index in [1.807, 2.05) is 30.3 Å². The summed E-state index contributed by atoms with van der Waals surface area (Å²) >= 11 is 0. The lowest BCUT2D eigenvalue weighted by Crippen LogP contribution is -2.37. The summed E-state index contributed by atoms with van der Waals surface area (Å²) < 4.78 is 5.26. The smallest absolute Gasteiger partial charge is 0.341 e. The molecule has 0 unspecified atom stereocenters. The van der Waals surface area contributed by atoms with E-state index in [4.69, 9.17) is 9.84 Å². The van der Waals surface area contributed by atoms with Crippen LogP contribution in [0.4, 0.5) is 11.4 Å². The van der Waals surface area contributed by atoms with E-state index in [0.29, 0.717) is 6.54 Å². The lowest BCUT2D eigenvalue weighted by atomic mass is 10.1. The van der Waals surface area contributed by atoms with Crippen LogP contribution >= 0.6 is 0 Å². The zero-order valence-corrected chi connectivity index (χ0v) is 16.2. The maximum Gasteiger partial charge on any atom is 0.341 e. The van der Waals surface area contributed by atoms with Crippen LogP contribution in [0, 0.1) is 10.1 Å². The van der Waals surface area contributed by atoms with Gasteiger partial charge in [-0.05, 0) is 18.6 Å². The van der Waals surface area contributed by atoms with Crippen molar-refractivity contribution in [1.29, 1.82) is 0 Å². The van der Waals surface area contributed by atoms with E-state index in [1.165, 1.54) is 24.0 Å². The Morgan fingerprint density at radius 3 is 2.55 bits per heavy atom. The van der Waals surface area contributed by atoms with Crippen molar-refractivity contribution < 1.29 is 24.4 Å². The quantitative estimate of drug-likeness (QED) is 0.375. The molecule has 2 aromatic carbocycles. The Labute approximate surface area is 168 Å². The van der Waals surface area contributed by atoms with Crippen molar-refractivity contribution >= 4 is 23.3 Å². The third-order valence-corrected chi connectivity index (χ3v) is 4.13. The molecule has 0 aromatic heterocycles. The minimum atomic E-state index is -1.08. The number of likely N-dealkylation sites (N-methyl/N-ethyl adjacent to an activating group) is 1. The van der Waals surface area contributed by atoms with Crippen LogP contribution < -0.4 is 5.32 Å². The summed E-state index contributed by atoms with van der Waals surface area (Å²) in [7, 11) is 1.60. The molecule has 0 aliphatic heterocycles. The summed E-state index contributed by atoms with van der Waals surface area (Å²) in [5.41, 5.74) is 0.827. The molecule has 0 bridgehead atoms. The largest absolute Gasteiger partial charge is 0.449 e. The predicted octanol–water partition coefficient (Wildman–Crippen LogP) is 2.20. The number of anilines is 1. The van der Waals surface area contributed by atoms with Crippen LogP contribution in [0.1, 0.15) is 22.8 Å². The number of esters is 1. The predicted molar refractivity (Wildman–Crippen MR) is 106 cm³/mol. The number of nitro benzene ring substituents is 1. The summed E-state index contributed by atoms with van der Waals surface area (Å²) in [5.74, 6) is -1.28. The number of amides is 1. The standard InChI is InChI=1S/C20H23N3O6/c1-14(19(25)22(2)13-15-6-4-3-5-7-15)29-20(26)17-12-16(23(27)28)8-9-18(17)21-10-11-24/h3-9,12,14,21,24H,10-11,13H2,1-2H3/t14-/m0/s1. The van der Waals surface area contributed by atoms with Crippen molar-refractivity contribution in [3.63, 3.8) is 0 Å². The summed E-state index contributed by atoms with van der Waals surface area (Å²) in [5, 5.41) is 22.8. The van der Waals surface area contributed by atoms with E-state index in [0.717, 1.165) is 11.6 Å². The van der Waals surface area contributed by atoms with Gasteiger partial charge in [0, 0.05) is 38.0 Å².